The second-order valence-corrected chi connectivity index (χ2v) is 9.26. The normalized spacial score (nSPS) is 15.8. The average Bonchev–Trinajstić information content (AvgIpc) is 3.29. The zero-order chi connectivity index (χ0) is 30.4. The Hall–Kier alpha value is -4.06. The van der Waals surface area contributed by atoms with E-state index in [1.165, 1.54) is 9.80 Å². The summed E-state index contributed by atoms with van der Waals surface area (Å²) < 4.78 is 48.9. The quantitative estimate of drug-likeness (QED) is 0.318. The van der Waals surface area contributed by atoms with E-state index in [1.807, 2.05) is 23.1 Å². The maximum Gasteiger partial charge on any atom is 0.158 e. The lowest BCUT2D eigenvalue weighted by Crippen LogP contribution is -2.26. The van der Waals surface area contributed by atoms with Gasteiger partial charge in [-0.05, 0) is 92.4 Å². The Morgan fingerprint density at radius 2 is 1.75 bits per heavy atom. The minimum Gasteiger partial charge on any atom is -0.368 e. The van der Waals surface area contributed by atoms with Crippen molar-refractivity contribution >= 4 is 28.6 Å². The van der Waals surface area contributed by atoms with Crippen LogP contribution in [0.4, 0.5) is 28.6 Å². The van der Waals surface area contributed by atoms with Gasteiger partial charge in [-0.2, -0.15) is 0 Å². The number of rotatable bonds is 6. The third-order valence-corrected chi connectivity index (χ3v) is 6.50. The van der Waals surface area contributed by atoms with E-state index < -0.39 is 14.0 Å². The van der Waals surface area contributed by atoms with Crippen molar-refractivity contribution in [2.75, 3.05) is 47.3 Å². The first-order chi connectivity index (χ1) is 19.7. The van der Waals surface area contributed by atoms with E-state index in [1.54, 1.807) is 43.6 Å². The summed E-state index contributed by atoms with van der Waals surface area (Å²) in [5, 5.41) is 3.33. The lowest BCUT2D eigenvalue weighted by atomic mass is 9.93. The highest BCUT2D eigenvalue weighted by molar-refractivity contribution is 5.84. The molecule has 1 aliphatic rings. The molecule has 0 spiro atoms. The van der Waals surface area contributed by atoms with Crippen LogP contribution in [0, 0.1) is 27.7 Å². The Kier molecular flexibility index (Phi) is 4.60. The lowest BCUT2D eigenvalue weighted by Gasteiger charge is -2.24. The molecule has 1 aliphatic heterocycles. The number of aryl methyl sites for hydroxylation is 4. The SMILES string of the molecule is [2H]C([2H])([2H])N(CNc1cc(-c2c(C)cc(C)cc2C)cc(N2CN(C([2H])([2H])[2H])c3cccnc32)c1)c1cccnc1C. The summed E-state index contributed by atoms with van der Waals surface area (Å²) in [5.74, 6) is 0.546. The van der Waals surface area contributed by atoms with Crippen LogP contribution in [0.1, 0.15) is 30.6 Å². The molecule has 2 aromatic heterocycles. The molecule has 36 heavy (non-hydrogen) atoms. The summed E-state index contributed by atoms with van der Waals surface area (Å²) in [4.78, 5) is 13.4. The van der Waals surface area contributed by atoms with Gasteiger partial charge in [-0.3, -0.25) is 4.98 Å². The number of nitrogens with one attached hydrogen (secondary N) is 1. The first-order valence-electron chi connectivity index (χ1n) is 14.9. The number of anilines is 5. The van der Waals surface area contributed by atoms with Crippen molar-refractivity contribution in [2.45, 2.75) is 27.7 Å². The van der Waals surface area contributed by atoms with E-state index in [2.05, 4.69) is 48.2 Å². The highest BCUT2D eigenvalue weighted by Gasteiger charge is 2.26. The van der Waals surface area contributed by atoms with Crippen LogP contribution in [-0.2, 0) is 0 Å². The second-order valence-electron chi connectivity index (χ2n) is 9.26. The van der Waals surface area contributed by atoms with Gasteiger partial charge < -0.3 is 20.0 Å². The Morgan fingerprint density at radius 3 is 2.50 bits per heavy atom. The van der Waals surface area contributed by atoms with Crippen molar-refractivity contribution in [1.82, 2.24) is 9.97 Å². The van der Waals surface area contributed by atoms with Gasteiger partial charge in [0.05, 0.1) is 30.4 Å². The zero-order valence-electron chi connectivity index (χ0n) is 27.0. The highest BCUT2D eigenvalue weighted by atomic mass is 15.4. The van der Waals surface area contributed by atoms with E-state index in [4.69, 9.17) is 8.22 Å². The molecule has 2 aromatic carbocycles. The van der Waals surface area contributed by atoms with Gasteiger partial charge >= 0.3 is 0 Å². The molecule has 184 valence electrons. The molecule has 0 bridgehead atoms. The summed E-state index contributed by atoms with van der Waals surface area (Å²) in [7, 11) is 0. The zero-order valence-corrected chi connectivity index (χ0v) is 21.0. The molecule has 0 fully saturated rings. The fourth-order valence-corrected chi connectivity index (χ4v) is 4.96. The van der Waals surface area contributed by atoms with Gasteiger partial charge in [0.25, 0.3) is 0 Å². The molecule has 6 heteroatoms. The first-order valence-corrected chi connectivity index (χ1v) is 11.9. The van der Waals surface area contributed by atoms with Gasteiger partial charge in [0.2, 0.25) is 0 Å². The number of aromatic nitrogens is 2. The third-order valence-electron chi connectivity index (χ3n) is 6.50. The number of nitrogens with zero attached hydrogens (tertiary/aromatic N) is 5. The van der Waals surface area contributed by atoms with Crippen LogP contribution in [0.2, 0.25) is 0 Å². The molecule has 0 saturated carbocycles. The lowest BCUT2D eigenvalue weighted by molar-refractivity contribution is 0.941. The largest absolute Gasteiger partial charge is 0.368 e. The van der Waals surface area contributed by atoms with Gasteiger partial charge in [0, 0.05) is 45.9 Å². The molecule has 0 aliphatic carbocycles. The number of pyridine rings is 2. The summed E-state index contributed by atoms with van der Waals surface area (Å²) in [5.41, 5.74) is 8.43. The van der Waals surface area contributed by atoms with Gasteiger partial charge in [-0.15, -0.1) is 0 Å². The van der Waals surface area contributed by atoms with Gasteiger partial charge in [-0.25, -0.2) is 4.98 Å². The maximum absolute atomic E-state index is 8.20. The van der Waals surface area contributed by atoms with Gasteiger partial charge in [0.1, 0.15) is 0 Å². The van der Waals surface area contributed by atoms with Crippen LogP contribution < -0.4 is 20.0 Å². The monoisotopic (exact) mass is 484 g/mol. The first kappa shape index (κ1) is 17.4. The van der Waals surface area contributed by atoms with E-state index in [-0.39, 0.29) is 13.3 Å². The molecular weight excluding hydrogens is 444 g/mol. The van der Waals surface area contributed by atoms with Crippen LogP contribution >= 0.6 is 0 Å². The summed E-state index contributed by atoms with van der Waals surface area (Å²) in [6.45, 7) is 3.30. The predicted octanol–water partition coefficient (Wildman–Crippen LogP) is 6.43. The third kappa shape index (κ3) is 4.47. The Balaban J connectivity index is 1.61. The van der Waals surface area contributed by atoms with E-state index >= 15 is 0 Å². The Bertz CT molecular complexity index is 1590. The molecule has 0 amide bonds. The van der Waals surface area contributed by atoms with E-state index in [0.29, 0.717) is 28.6 Å². The van der Waals surface area contributed by atoms with Crippen molar-refractivity contribution < 1.29 is 8.22 Å². The standard InChI is InChI=1S/C30H34N6/c1-20-13-21(2)29(22(3)14-20)24-15-25(33-18-34(5)27-9-7-11-31-23(27)4)17-26(16-24)36-19-35(6)28-10-8-12-32-30(28)36/h7-17,33H,18-19H2,1-6H3/i5D3,6D3. The molecule has 4 aromatic rings. The molecule has 0 saturated heterocycles. The second kappa shape index (κ2) is 9.53. The van der Waals surface area contributed by atoms with Crippen molar-refractivity contribution in [3.8, 4) is 11.1 Å². The predicted molar refractivity (Wildman–Crippen MR) is 152 cm³/mol. The average molecular weight is 485 g/mol. The Morgan fingerprint density at radius 1 is 0.972 bits per heavy atom. The van der Waals surface area contributed by atoms with Crippen LogP contribution in [-0.4, -0.2) is 37.3 Å². The number of hydrogen-bond acceptors (Lipinski definition) is 6. The number of benzene rings is 2. The molecule has 3 heterocycles. The van der Waals surface area contributed by atoms with Crippen molar-refractivity contribution in [3.05, 3.63) is 89.4 Å². The van der Waals surface area contributed by atoms with Crippen LogP contribution in [0.5, 0.6) is 0 Å². The minimum atomic E-state index is -2.41. The van der Waals surface area contributed by atoms with Gasteiger partial charge in [0.15, 0.2) is 5.82 Å². The molecular formula is C30H34N6. The summed E-state index contributed by atoms with van der Waals surface area (Å²) >= 11 is 0. The topological polar surface area (TPSA) is 47.5 Å². The van der Waals surface area contributed by atoms with Crippen molar-refractivity contribution in [1.29, 1.82) is 0 Å². The number of hydrogen-bond donors (Lipinski definition) is 1. The van der Waals surface area contributed by atoms with Crippen molar-refractivity contribution in [2.24, 2.45) is 0 Å². The molecule has 1 N–H and O–H groups in total. The number of fused-ring (bicyclic) bond motifs is 1. The molecule has 5 rings (SSSR count). The summed E-state index contributed by atoms with van der Waals surface area (Å²) in [6, 6.07) is 17.1. The fourth-order valence-electron chi connectivity index (χ4n) is 4.96. The van der Waals surface area contributed by atoms with Crippen LogP contribution in [0.25, 0.3) is 11.1 Å². The molecule has 0 unspecified atom stereocenters. The molecule has 6 nitrogen and oxygen atoms in total. The summed E-state index contributed by atoms with van der Waals surface area (Å²) in [6.07, 6.45) is 3.28. The highest BCUT2D eigenvalue weighted by Crippen LogP contribution is 2.41. The van der Waals surface area contributed by atoms with E-state index in [0.717, 1.165) is 33.5 Å². The van der Waals surface area contributed by atoms with Crippen molar-refractivity contribution in [3.63, 3.8) is 0 Å². The molecule has 0 radical (unpaired) electrons. The smallest absolute Gasteiger partial charge is 0.158 e. The van der Waals surface area contributed by atoms with Crippen LogP contribution in [0.15, 0.2) is 67.0 Å². The fraction of sp³-hybridized carbons (Fsp3) is 0.267. The Labute approximate surface area is 222 Å². The van der Waals surface area contributed by atoms with E-state index in [9.17, 15) is 0 Å². The maximum atomic E-state index is 8.20. The minimum absolute atomic E-state index is 0.00593. The molecule has 0 atom stereocenters. The van der Waals surface area contributed by atoms with Gasteiger partial charge in [-0.1, -0.05) is 17.7 Å². The van der Waals surface area contributed by atoms with Crippen LogP contribution in [0.3, 0.4) is 0 Å².